The molecule has 0 aliphatic rings. The lowest BCUT2D eigenvalue weighted by Gasteiger charge is -2.02. The monoisotopic (exact) mass is 248 g/mol. The van der Waals surface area contributed by atoms with Gasteiger partial charge in [-0.15, -0.1) is 0 Å². The quantitative estimate of drug-likeness (QED) is 0.817. The van der Waals surface area contributed by atoms with Crippen LogP contribution in [0.5, 0.6) is 0 Å². The average Bonchev–Trinajstić information content (AvgIpc) is 1.96. The van der Waals surface area contributed by atoms with Crippen LogP contribution < -0.4 is 0 Å². The van der Waals surface area contributed by atoms with Gasteiger partial charge in [-0.05, 0) is 30.2 Å². The van der Waals surface area contributed by atoms with E-state index in [0.29, 0.717) is 0 Å². The smallest absolute Gasteiger partial charge is 0.157 e. The van der Waals surface area contributed by atoms with Crippen LogP contribution in [0.15, 0.2) is 22.7 Å². The summed E-state index contributed by atoms with van der Waals surface area (Å²) in [7, 11) is 0. The third-order valence-corrected chi connectivity index (χ3v) is 2.64. The first-order valence-corrected chi connectivity index (χ1v) is 5.49. The molecular formula is C8H9BrO2S. The number of aryl methyl sites for hydroxylation is 1. The van der Waals surface area contributed by atoms with Gasteiger partial charge < -0.3 is 4.55 Å². The van der Waals surface area contributed by atoms with Crippen LogP contribution in [0.25, 0.3) is 0 Å². The van der Waals surface area contributed by atoms with Crippen molar-refractivity contribution in [1.29, 1.82) is 0 Å². The highest BCUT2D eigenvalue weighted by molar-refractivity contribution is 9.10. The van der Waals surface area contributed by atoms with E-state index in [1.54, 1.807) is 0 Å². The van der Waals surface area contributed by atoms with Crippen molar-refractivity contribution in [2.24, 2.45) is 0 Å². The summed E-state index contributed by atoms with van der Waals surface area (Å²) in [6, 6.07) is 5.70. The van der Waals surface area contributed by atoms with Gasteiger partial charge >= 0.3 is 0 Å². The van der Waals surface area contributed by atoms with Crippen LogP contribution in [0.2, 0.25) is 0 Å². The molecule has 1 rings (SSSR count). The first kappa shape index (κ1) is 9.89. The molecule has 0 amide bonds. The van der Waals surface area contributed by atoms with E-state index in [9.17, 15) is 4.21 Å². The predicted molar refractivity (Wildman–Crippen MR) is 53.4 cm³/mol. The Kier molecular flexibility index (Phi) is 3.43. The van der Waals surface area contributed by atoms with Gasteiger partial charge in [0.2, 0.25) is 0 Å². The largest absolute Gasteiger partial charge is 0.306 e. The van der Waals surface area contributed by atoms with Gasteiger partial charge in [0.25, 0.3) is 0 Å². The van der Waals surface area contributed by atoms with Crippen LogP contribution >= 0.6 is 15.9 Å². The van der Waals surface area contributed by atoms with E-state index < -0.39 is 11.1 Å². The zero-order valence-corrected chi connectivity index (χ0v) is 8.98. The fraction of sp³-hybridized carbons (Fsp3) is 0.250. The summed E-state index contributed by atoms with van der Waals surface area (Å²) in [5, 5.41) is 0. The minimum Gasteiger partial charge on any atom is -0.306 e. The molecule has 0 aliphatic heterocycles. The Morgan fingerprint density at radius 3 is 2.83 bits per heavy atom. The summed E-state index contributed by atoms with van der Waals surface area (Å²) in [4.78, 5) is 0. The van der Waals surface area contributed by atoms with Crippen LogP contribution in [0.4, 0.5) is 0 Å². The fourth-order valence-corrected chi connectivity index (χ4v) is 1.91. The molecule has 0 heterocycles. The highest BCUT2D eigenvalue weighted by Gasteiger charge is 2.02. The number of hydrogen-bond donors (Lipinski definition) is 1. The third-order valence-electron chi connectivity index (χ3n) is 1.59. The molecule has 0 bridgehead atoms. The van der Waals surface area contributed by atoms with Gasteiger partial charge in [-0.1, -0.05) is 22.0 Å². The average molecular weight is 249 g/mol. The van der Waals surface area contributed by atoms with Crippen molar-refractivity contribution in [3.05, 3.63) is 33.8 Å². The normalized spacial score (nSPS) is 12.9. The Morgan fingerprint density at radius 1 is 1.58 bits per heavy atom. The van der Waals surface area contributed by atoms with Crippen molar-refractivity contribution in [3.8, 4) is 0 Å². The van der Waals surface area contributed by atoms with Gasteiger partial charge in [-0.3, -0.25) is 0 Å². The molecule has 1 aromatic rings. The van der Waals surface area contributed by atoms with Crippen LogP contribution in [0.1, 0.15) is 11.1 Å². The molecule has 1 N–H and O–H groups in total. The fourth-order valence-electron chi connectivity index (χ4n) is 0.929. The summed E-state index contributed by atoms with van der Waals surface area (Å²) >= 11 is 1.55. The summed E-state index contributed by atoms with van der Waals surface area (Å²) in [6.07, 6.45) is 0. The Hall–Kier alpha value is -0.190. The van der Waals surface area contributed by atoms with Crippen LogP contribution in [0, 0.1) is 6.92 Å². The summed E-state index contributed by atoms with van der Waals surface area (Å²) in [5.41, 5.74) is 1.95. The van der Waals surface area contributed by atoms with E-state index >= 15 is 0 Å². The summed E-state index contributed by atoms with van der Waals surface area (Å²) < 4.78 is 20.1. The Bertz CT molecular complexity index is 312. The highest BCUT2D eigenvalue weighted by Crippen LogP contribution is 2.16. The van der Waals surface area contributed by atoms with Gasteiger partial charge in [0.05, 0.1) is 5.75 Å². The van der Waals surface area contributed by atoms with Gasteiger partial charge in [0, 0.05) is 4.47 Å². The van der Waals surface area contributed by atoms with Crippen molar-refractivity contribution in [2.45, 2.75) is 12.7 Å². The molecule has 12 heavy (non-hydrogen) atoms. The van der Waals surface area contributed by atoms with Crippen molar-refractivity contribution in [1.82, 2.24) is 0 Å². The first-order chi connectivity index (χ1) is 5.59. The van der Waals surface area contributed by atoms with E-state index in [0.717, 1.165) is 15.6 Å². The van der Waals surface area contributed by atoms with Crippen molar-refractivity contribution < 1.29 is 8.76 Å². The lowest BCUT2D eigenvalue weighted by Crippen LogP contribution is -1.95. The molecule has 0 fully saturated rings. The zero-order valence-electron chi connectivity index (χ0n) is 6.58. The van der Waals surface area contributed by atoms with Gasteiger partial charge in [0.15, 0.2) is 11.1 Å². The zero-order chi connectivity index (χ0) is 9.14. The molecule has 66 valence electrons. The molecule has 1 aromatic carbocycles. The number of halogens is 1. The molecule has 1 atom stereocenters. The Morgan fingerprint density at radius 2 is 2.25 bits per heavy atom. The van der Waals surface area contributed by atoms with E-state index in [1.807, 2.05) is 25.1 Å². The summed E-state index contributed by atoms with van der Waals surface area (Å²) in [6.45, 7) is 1.93. The molecule has 2 nitrogen and oxygen atoms in total. The molecule has 0 aliphatic carbocycles. The molecule has 0 saturated carbocycles. The molecule has 4 heteroatoms. The molecule has 0 saturated heterocycles. The minimum atomic E-state index is -1.76. The molecule has 1 unspecified atom stereocenters. The highest BCUT2D eigenvalue weighted by atomic mass is 79.9. The molecule has 0 aromatic heterocycles. The van der Waals surface area contributed by atoms with Gasteiger partial charge in [-0.2, -0.15) is 0 Å². The second kappa shape index (κ2) is 4.16. The topological polar surface area (TPSA) is 37.3 Å². The van der Waals surface area contributed by atoms with Crippen LogP contribution in [0.3, 0.4) is 0 Å². The van der Waals surface area contributed by atoms with E-state index in [4.69, 9.17) is 4.55 Å². The van der Waals surface area contributed by atoms with Gasteiger partial charge in [0.1, 0.15) is 0 Å². The van der Waals surface area contributed by atoms with Crippen molar-refractivity contribution in [2.75, 3.05) is 0 Å². The maximum atomic E-state index is 10.5. The first-order valence-electron chi connectivity index (χ1n) is 3.42. The van der Waals surface area contributed by atoms with Gasteiger partial charge in [-0.25, -0.2) is 4.21 Å². The minimum absolute atomic E-state index is 0.200. The van der Waals surface area contributed by atoms with E-state index in [2.05, 4.69) is 15.9 Å². The number of hydrogen-bond acceptors (Lipinski definition) is 1. The Labute approximate surface area is 82.4 Å². The second-order valence-electron chi connectivity index (χ2n) is 2.54. The second-order valence-corrected chi connectivity index (χ2v) is 4.38. The number of benzene rings is 1. The number of rotatable bonds is 2. The van der Waals surface area contributed by atoms with E-state index in [1.165, 1.54) is 0 Å². The predicted octanol–water partition coefficient (Wildman–Crippen LogP) is 2.48. The SMILES string of the molecule is Cc1ccc(Br)cc1CS(=O)O. The maximum Gasteiger partial charge on any atom is 0.157 e. The molecule has 0 radical (unpaired) electrons. The maximum absolute atomic E-state index is 10.5. The molecule has 0 spiro atoms. The van der Waals surface area contributed by atoms with E-state index in [-0.39, 0.29) is 5.75 Å². The lowest BCUT2D eigenvalue weighted by atomic mass is 10.1. The van der Waals surface area contributed by atoms with Crippen molar-refractivity contribution in [3.63, 3.8) is 0 Å². The third kappa shape index (κ3) is 2.69. The van der Waals surface area contributed by atoms with Crippen LogP contribution in [-0.2, 0) is 16.8 Å². The molecular weight excluding hydrogens is 240 g/mol. The Balaban J connectivity index is 2.97. The van der Waals surface area contributed by atoms with Crippen molar-refractivity contribution >= 4 is 27.0 Å². The standard InChI is InChI=1S/C8H9BrO2S/c1-6-2-3-8(9)4-7(6)5-12(10)11/h2-4H,5H2,1H3,(H,10,11). The summed E-state index contributed by atoms with van der Waals surface area (Å²) in [5.74, 6) is 0.200. The lowest BCUT2D eigenvalue weighted by molar-refractivity contribution is 0.563. The van der Waals surface area contributed by atoms with Crippen LogP contribution in [-0.4, -0.2) is 8.76 Å².